The van der Waals surface area contributed by atoms with Crippen molar-refractivity contribution in [3.63, 3.8) is 0 Å². The van der Waals surface area contributed by atoms with Crippen LogP contribution in [-0.2, 0) is 0 Å². The lowest BCUT2D eigenvalue weighted by Crippen LogP contribution is -2.44. The Bertz CT molecular complexity index is 861. The molecule has 2 N–H and O–H groups in total. The normalized spacial score (nSPS) is 22.7. The molecule has 6 heteroatoms. The zero-order chi connectivity index (χ0) is 19.7. The van der Waals surface area contributed by atoms with E-state index in [2.05, 4.69) is 16.7 Å². The zero-order valence-corrected chi connectivity index (χ0v) is 17.1. The van der Waals surface area contributed by atoms with Gasteiger partial charge in [-0.15, -0.1) is 11.3 Å². The highest BCUT2D eigenvalue weighted by atomic mass is 32.1. The summed E-state index contributed by atoms with van der Waals surface area (Å²) in [6.07, 6.45) is 4.71. The molecule has 2 aliphatic rings. The van der Waals surface area contributed by atoms with Crippen molar-refractivity contribution in [3.05, 3.63) is 46.2 Å². The maximum atomic E-state index is 13.1. The topological polar surface area (TPSA) is 66.6 Å². The molecule has 0 bridgehead atoms. The number of thiophene rings is 1. The second-order valence-corrected chi connectivity index (χ2v) is 8.83. The average molecular weight is 398 g/mol. The van der Waals surface area contributed by atoms with Gasteiger partial charge in [-0.3, -0.25) is 14.5 Å². The number of amides is 2. The van der Waals surface area contributed by atoms with Gasteiger partial charge in [0.15, 0.2) is 0 Å². The van der Waals surface area contributed by atoms with Crippen LogP contribution in [0.4, 0.5) is 0 Å². The highest BCUT2D eigenvalue weighted by molar-refractivity contribution is 7.12. The molecule has 2 saturated heterocycles. The van der Waals surface area contributed by atoms with E-state index in [0.717, 1.165) is 49.2 Å². The fourth-order valence-corrected chi connectivity index (χ4v) is 5.18. The van der Waals surface area contributed by atoms with E-state index in [0.29, 0.717) is 17.0 Å². The lowest BCUT2D eigenvalue weighted by Gasteiger charge is -2.30. The number of primary amides is 1. The molecule has 2 aliphatic heterocycles. The summed E-state index contributed by atoms with van der Waals surface area (Å²) >= 11 is 1.34. The Labute approximate surface area is 170 Å². The van der Waals surface area contributed by atoms with Crippen molar-refractivity contribution in [2.24, 2.45) is 5.73 Å². The highest BCUT2D eigenvalue weighted by Gasteiger charge is 2.32. The number of nitrogens with zero attached hydrogens (tertiary/aromatic N) is 2. The Morgan fingerprint density at radius 3 is 2.50 bits per heavy atom. The van der Waals surface area contributed by atoms with E-state index in [9.17, 15) is 9.59 Å². The predicted octanol–water partition coefficient (Wildman–Crippen LogP) is 3.60. The Morgan fingerprint density at radius 1 is 1.11 bits per heavy atom. The summed E-state index contributed by atoms with van der Waals surface area (Å²) in [6.45, 7) is 5.29. The van der Waals surface area contributed by atoms with Crippen LogP contribution in [0, 0.1) is 0 Å². The fraction of sp³-hybridized carbons (Fsp3) is 0.455. The van der Waals surface area contributed by atoms with E-state index in [1.54, 1.807) is 6.07 Å². The van der Waals surface area contributed by atoms with Crippen LogP contribution < -0.4 is 5.73 Å². The van der Waals surface area contributed by atoms with Gasteiger partial charge in [-0.1, -0.05) is 12.1 Å². The smallest absolute Gasteiger partial charge is 0.258 e. The molecular formula is C22H27N3O2S. The van der Waals surface area contributed by atoms with Crippen molar-refractivity contribution >= 4 is 23.2 Å². The summed E-state index contributed by atoms with van der Waals surface area (Å²) in [6, 6.07) is 10.5. The number of carbonyl (C=O) groups is 2. The minimum Gasteiger partial charge on any atom is -0.365 e. The van der Waals surface area contributed by atoms with Crippen molar-refractivity contribution in [3.8, 4) is 11.1 Å². The zero-order valence-electron chi connectivity index (χ0n) is 16.3. The van der Waals surface area contributed by atoms with E-state index in [1.165, 1.54) is 24.2 Å². The summed E-state index contributed by atoms with van der Waals surface area (Å²) in [5.41, 5.74) is 8.02. The molecule has 0 radical (unpaired) electrons. The lowest BCUT2D eigenvalue weighted by molar-refractivity contribution is 0.0696. The molecule has 1 aromatic heterocycles. The van der Waals surface area contributed by atoms with E-state index in [4.69, 9.17) is 5.73 Å². The number of rotatable bonds is 5. The van der Waals surface area contributed by atoms with Crippen LogP contribution in [0.2, 0.25) is 0 Å². The number of benzene rings is 1. The fourth-order valence-electron chi connectivity index (χ4n) is 4.42. The van der Waals surface area contributed by atoms with Gasteiger partial charge < -0.3 is 10.6 Å². The van der Waals surface area contributed by atoms with Gasteiger partial charge in [0.05, 0.1) is 4.88 Å². The average Bonchev–Trinajstić information content (AvgIpc) is 3.43. The van der Waals surface area contributed by atoms with Crippen LogP contribution in [0.15, 0.2) is 35.7 Å². The summed E-state index contributed by atoms with van der Waals surface area (Å²) in [5, 5.41) is 1.92. The number of likely N-dealkylation sites (tertiary alicyclic amines) is 2. The standard InChI is InChI=1S/C22H27N3O2S/c1-15-4-2-10-24(15)13-19-5-3-11-25(19)22(27)17-8-6-16(7-9-17)18-12-20(21(23)26)28-14-18/h6-9,12,14-15,19H,2-5,10-11,13H2,1H3,(H2,23,26)/t15-,19?/m0/s1. The third-order valence-corrected chi connectivity index (χ3v) is 7.03. The second-order valence-electron chi connectivity index (χ2n) is 7.92. The van der Waals surface area contributed by atoms with Gasteiger partial charge in [-0.2, -0.15) is 0 Å². The Kier molecular flexibility index (Phi) is 5.51. The van der Waals surface area contributed by atoms with Gasteiger partial charge in [0, 0.05) is 30.7 Å². The maximum absolute atomic E-state index is 13.1. The van der Waals surface area contributed by atoms with Crippen molar-refractivity contribution in [1.82, 2.24) is 9.80 Å². The van der Waals surface area contributed by atoms with Crippen LogP contribution in [0.1, 0.15) is 52.6 Å². The van der Waals surface area contributed by atoms with Gasteiger partial charge in [-0.05, 0) is 73.9 Å². The monoisotopic (exact) mass is 397 g/mol. The van der Waals surface area contributed by atoms with Crippen LogP contribution in [-0.4, -0.2) is 53.3 Å². The predicted molar refractivity (Wildman–Crippen MR) is 113 cm³/mol. The summed E-state index contributed by atoms with van der Waals surface area (Å²) < 4.78 is 0. The van der Waals surface area contributed by atoms with Crippen LogP contribution in [0.25, 0.3) is 11.1 Å². The van der Waals surface area contributed by atoms with E-state index in [1.807, 2.05) is 29.6 Å². The molecule has 0 aliphatic carbocycles. The molecule has 2 fully saturated rings. The molecule has 2 aromatic rings. The molecule has 5 nitrogen and oxygen atoms in total. The van der Waals surface area contributed by atoms with E-state index in [-0.39, 0.29) is 5.91 Å². The van der Waals surface area contributed by atoms with Crippen molar-refractivity contribution in [1.29, 1.82) is 0 Å². The Morgan fingerprint density at radius 2 is 1.86 bits per heavy atom. The first-order chi connectivity index (χ1) is 13.5. The molecular weight excluding hydrogens is 370 g/mol. The van der Waals surface area contributed by atoms with Gasteiger partial charge in [-0.25, -0.2) is 0 Å². The first-order valence-corrected chi connectivity index (χ1v) is 10.9. The minimum absolute atomic E-state index is 0.129. The van der Waals surface area contributed by atoms with E-state index >= 15 is 0 Å². The van der Waals surface area contributed by atoms with Crippen molar-refractivity contribution in [2.75, 3.05) is 19.6 Å². The van der Waals surface area contributed by atoms with Gasteiger partial charge >= 0.3 is 0 Å². The second kappa shape index (κ2) is 8.05. The highest BCUT2D eigenvalue weighted by Crippen LogP contribution is 2.28. The largest absolute Gasteiger partial charge is 0.365 e. The number of hydrogen-bond donors (Lipinski definition) is 1. The van der Waals surface area contributed by atoms with Crippen LogP contribution in [0.3, 0.4) is 0 Å². The molecule has 28 heavy (non-hydrogen) atoms. The third-order valence-electron chi connectivity index (χ3n) is 6.08. The molecule has 148 valence electrons. The van der Waals surface area contributed by atoms with Crippen LogP contribution >= 0.6 is 11.3 Å². The molecule has 4 rings (SSSR count). The van der Waals surface area contributed by atoms with Gasteiger partial charge in [0.25, 0.3) is 11.8 Å². The van der Waals surface area contributed by atoms with Crippen molar-refractivity contribution < 1.29 is 9.59 Å². The van der Waals surface area contributed by atoms with Gasteiger partial charge in [0.1, 0.15) is 0 Å². The number of carbonyl (C=O) groups excluding carboxylic acids is 2. The first kappa shape index (κ1) is 19.2. The van der Waals surface area contributed by atoms with Gasteiger partial charge in [0.2, 0.25) is 0 Å². The Balaban J connectivity index is 1.45. The van der Waals surface area contributed by atoms with Crippen molar-refractivity contribution in [2.45, 2.75) is 44.7 Å². The molecule has 0 saturated carbocycles. The van der Waals surface area contributed by atoms with E-state index < -0.39 is 5.91 Å². The third kappa shape index (κ3) is 3.84. The number of nitrogens with two attached hydrogens (primary N) is 1. The SMILES string of the molecule is C[C@H]1CCCN1CC1CCCN1C(=O)c1ccc(-c2csc(C(N)=O)c2)cc1. The molecule has 3 heterocycles. The minimum atomic E-state index is -0.407. The molecule has 1 unspecified atom stereocenters. The summed E-state index contributed by atoms with van der Waals surface area (Å²) in [5.74, 6) is -0.278. The van der Waals surface area contributed by atoms with Crippen LogP contribution in [0.5, 0.6) is 0 Å². The molecule has 2 atom stereocenters. The first-order valence-electron chi connectivity index (χ1n) is 10.1. The molecule has 1 aromatic carbocycles. The quantitative estimate of drug-likeness (QED) is 0.838. The Hall–Kier alpha value is -2.18. The molecule has 2 amide bonds. The molecule has 0 spiro atoms. The number of hydrogen-bond acceptors (Lipinski definition) is 4. The lowest BCUT2D eigenvalue weighted by atomic mass is 10.1. The summed E-state index contributed by atoms with van der Waals surface area (Å²) in [4.78, 5) is 29.5. The summed E-state index contributed by atoms with van der Waals surface area (Å²) in [7, 11) is 0. The maximum Gasteiger partial charge on any atom is 0.258 e.